The highest BCUT2D eigenvalue weighted by Crippen LogP contribution is 2.30. The summed E-state index contributed by atoms with van der Waals surface area (Å²) >= 11 is 1.46. The molecule has 1 saturated heterocycles. The normalized spacial score (nSPS) is 17.2. The van der Waals surface area contributed by atoms with Gasteiger partial charge in [-0.1, -0.05) is 29.8 Å². The summed E-state index contributed by atoms with van der Waals surface area (Å²) in [6, 6.07) is 8.35. The summed E-state index contributed by atoms with van der Waals surface area (Å²) in [6.45, 7) is 4.92. The molecule has 0 N–H and O–H groups in total. The third-order valence-corrected chi connectivity index (χ3v) is 5.99. The molecule has 134 valence electrons. The second kappa shape index (κ2) is 6.68. The van der Waals surface area contributed by atoms with Crippen molar-refractivity contribution in [1.29, 1.82) is 0 Å². The number of carbonyl (C=O) groups excluding carboxylic acids is 1. The van der Waals surface area contributed by atoms with Crippen LogP contribution >= 0.6 is 11.3 Å². The lowest BCUT2D eigenvalue weighted by molar-refractivity contribution is -0.132. The topological polar surface area (TPSA) is 55.2 Å². The number of nitrogens with zero attached hydrogens (tertiary/aromatic N) is 3. The van der Waals surface area contributed by atoms with Gasteiger partial charge < -0.3 is 4.90 Å². The zero-order chi connectivity index (χ0) is 18.3. The Morgan fingerprint density at radius 1 is 1.31 bits per heavy atom. The molecule has 1 atom stereocenters. The Morgan fingerprint density at radius 3 is 2.77 bits per heavy atom. The minimum absolute atomic E-state index is 0.00892. The van der Waals surface area contributed by atoms with E-state index in [0.29, 0.717) is 10.2 Å². The predicted molar refractivity (Wildman–Crippen MR) is 104 cm³/mol. The number of thiophene rings is 1. The molecule has 6 heteroatoms. The zero-order valence-corrected chi connectivity index (χ0v) is 15.8. The van der Waals surface area contributed by atoms with Crippen LogP contribution in [0.3, 0.4) is 0 Å². The van der Waals surface area contributed by atoms with E-state index in [4.69, 9.17) is 0 Å². The summed E-state index contributed by atoms with van der Waals surface area (Å²) in [5, 5.41) is 2.57. The summed E-state index contributed by atoms with van der Waals surface area (Å²) in [6.07, 6.45) is 3.56. The quantitative estimate of drug-likeness (QED) is 0.712. The predicted octanol–water partition coefficient (Wildman–Crippen LogP) is 3.44. The molecule has 0 bridgehead atoms. The van der Waals surface area contributed by atoms with Gasteiger partial charge in [0.2, 0.25) is 5.91 Å². The van der Waals surface area contributed by atoms with E-state index in [9.17, 15) is 9.59 Å². The van der Waals surface area contributed by atoms with E-state index in [2.05, 4.69) is 11.9 Å². The lowest BCUT2D eigenvalue weighted by Gasteiger charge is -2.21. The summed E-state index contributed by atoms with van der Waals surface area (Å²) < 4.78 is 1.44. The SMILES string of the molecule is Cc1ccc(-c2csc3ncn(CC(=O)N4CCC[C@@H]4C)c(=O)c23)cc1. The van der Waals surface area contributed by atoms with Crippen molar-refractivity contribution in [2.24, 2.45) is 0 Å². The van der Waals surface area contributed by atoms with Gasteiger partial charge in [-0.25, -0.2) is 4.98 Å². The Bertz CT molecular complexity index is 1020. The summed E-state index contributed by atoms with van der Waals surface area (Å²) in [5.41, 5.74) is 2.91. The van der Waals surface area contributed by atoms with Crippen LogP contribution in [0.5, 0.6) is 0 Å². The number of amides is 1. The number of hydrogen-bond donors (Lipinski definition) is 0. The van der Waals surface area contributed by atoms with Gasteiger partial charge in [0.05, 0.1) is 11.7 Å². The molecule has 4 rings (SSSR count). The van der Waals surface area contributed by atoms with Gasteiger partial charge in [-0.05, 0) is 32.3 Å². The van der Waals surface area contributed by atoms with Crippen molar-refractivity contribution in [1.82, 2.24) is 14.5 Å². The van der Waals surface area contributed by atoms with Crippen LogP contribution in [-0.4, -0.2) is 32.9 Å². The van der Waals surface area contributed by atoms with Crippen LogP contribution in [0.1, 0.15) is 25.3 Å². The Morgan fingerprint density at radius 2 is 2.08 bits per heavy atom. The van der Waals surface area contributed by atoms with E-state index in [1.165, 1.54) is 27.8 Å². The molecule has 1 fully saturated rings. The fraction of sp³-hybridized carbons (Fsp3) is 0.350. The highest BCUT2D eigenvalue weighted by Gasteiger charge is 2.25. The summed E-state index contributed by atoms with van der Waals surface area (Å²) in [5.74, 6) is -0.00892. The number of aryl methyl sites for hydroxylation is 1. The standard InChI is InChI=1S/C20H21N3O2S/c1-13-5-7-15(8-6-13)16-11-26-19-18(16)20(25)22(12-21-19)10-17(24)23-9-3-4-14(23)2/h5-8,11-12,14H,3-4,9-10H2,1-2H3/t14-/m0/s1. The van der Waals surface area contributed by atoms with Gasteiger partial charge in [0.1, 0.15) is 11.4 Å². The molecule has 1 amide bonds. The molecule has 0 radical (unpaired) electrons. The van der Waals surface area contributed by atoms with Crippen molar-refractivity contribution in [3.8, 4) is 11.1 Å². The Labute approximate surface area is 155 Å². The smallest absolute Gasteiger partial charge is 0.263 e. The van der Waals surface area contributed by atoms with Crippen LogP contribution in [0, 0.1) is 6.92 Å². The van der Waals surface area contributed by atoms with E-state index in [1.807, 2.05) is 41.5 Å². The van der Waals surface area contributed by atoms with Gasteiger partial charge in [0.15, 0.2) is 0 Å². The number of benzene rings is 1. The van der Waals surface area contributed by atoms with E-state index in [1.54, 1.807) is 0 Å². The largest absolute Gasteiger partial charge is 0.338 e. The minimum Gasteiger partial charge on any atom is -0.338 e. The molecule has 0 aliphatic carbocycles. The molecule has 26 heavy (non-hydrogen) atoms. The van der Waals surface area contributed by atoms with E-state index < -0.39 is 0 Å². The van der Waals surface area contributed by atoms with Crippen LogP contribution in [-0.2, 0) is 11.3 Å². The van der Waals surface area contributed by atoms with Gasteiger partial charge >= 0.3 is 0 Å². The number of carbonyl (C=O) groups is 1. The van der Waals surface area contributed by atoms with E-state index in [0.717, 1.165) is 30.5 Å². The minimum atomic E-state index is -0.146. The summed E-state index contributed by atoms with van der Waals surface area (Å²) in [4.78, 5) is 32.6. The maximum atomic E-state index is 13.0. The first-order valence-electron chi connectivity index (χ1n) is 8.88. The van der Waals surface area contributed by atoms with Crippen LogP contribution in [0.2, 0.25) is 0 Å². The first-order chi connectivity index (χ1) is 12.5. The second-order valence-electron chi connectivity index (χ2n) is 6.95. The van der Waals surface area contributed by atoms with E-state index >= 15 is 0 Å². The van der Waals surface area contributed by atoms with Crippen molar-refractivity contribution in [2.45, 2.75) is 39.3 Å². The molecule has 1 aromatic carbocycles. The average Bonchev–Trinajstić information content (AvgIpc) is 3.25. The van der Waals surface area contributed by atoms with Gasteiger partial charge in [-0.15, -0.1) is 11.3 Å². The van der Waals surface area contributed by atoms with Crippen molar-refractivity contribution >= 4 is 27.5 Å². The van der Waals surface area contributed by atoms with Crippen LogP contribution in [0.25, 0.3) is 21.3 Å². The number of rotatable bonds is 3. The molecule has 3 heterocycles. The van der Waals surface area contributed by atoms with Crippen LogP contribution in [0.4, 0.5) is 0 Å². The molecule has 1 aliphatic rings. The first kappa shape index (κ1) is 17.0. The molecule has 1 aliphatic heterocycles. The monoisotopic (exact) mass is 367 g/mol. The maximum Gasteiger partial charge on any atom is 0.263 e. The van der Waals surface area contributed by atoms with Crippen molar-refractivity contribution < 1.29 is 4.79 Å². The highest BCUT2D eigenvalue weighted by atomic mass is 32.1. The highest BCUT2D eigenvalue weighted by molar-refractivity contribution is 7.17. The Hall–Kier alpha value is -2.47. The van der Waals surface area contributed by atoms with Crippen molar-refractivity contribution in [3.63, 3.8) is 0 Å². The van der Waals surface area contributed by atoms with Crippen molar-refractivity contribution in [3.05, 3.63) is 51.9 Å². The second-order valence-corrected chi connectivity index (χ2v) is 7.81. The number of hydrogen-bond acceptors (Lipinski definition) is 4. The first-order valence-corrected chi connectivity index (χ1v) is 9.75. The third-order valence-electron chi connectivity index (χ3n) is 5.10. The van der Waals surface area contributed by atoms with E-state index in [-0.39, 0.29) is 24.1 Å². The molecule has 5 nitrogen and oxygen atoms in total. The lowest BCUT2D eigenvalue weighted by Crippen LogP contribution is -2.38. The third kappa shape index (κ3) is 2.94. The fourth-order valence-electron chi connectivity index (χ4n) is 3.57. The van der Waals surface area contributed by atoms with Gasteiger partial charge in [0, 0.05) is 23.5 Å². The molecule has 2 aromatic heterocycles. The molecule has 0 saturated carbocycles. The number of aromatic nitrogens is 2. The number of likely N-dealkylation sites (tertiary alicyclic amines) is 1. The molecule has 0 unspecified atom stereocenters. The molecule has 3 aromatic rings. The fourth-order valence-corrected chi connectivity index (χ4v) is 4.47. The summed E-state index contributed by atoms with van der Waals surface area (Å²) in [7, 11) is 0. The molecular formula is C20H21N3O2S. The average molecular weight is 367 g/mol. The van der Waals surface area contributed by atoms with Crippen LogP contribution < -0.4 is 5.56 Å². The van der Waals surface area contributed by atoms with Gasteiger partial charge in [-0.2, -0.15) is 0 Å². The van der Waals surface area contributed by atoms with Crippen LogP contribution in [0.15, 0.2) is 40.8 Å². The zero-order valence-electron chi connectivity index (χ0n) is 14.9. The molecule has 0 spiro atoms. The molecular weight excluding hydrogens is 346 g/mol. The van der Waals surface area contributed by atoms with Gasteiger partial charge in [-0.3, -0.25) is 14.2 Å². The lowest BCUT2D eigenvalue weighted by atomic mass is 10.1. The Balaban J connectivity index is 1.72. The van der Waals surface area contributed by atoms with Gasteiger partial charge in [0.25, 0.3) is 5.56 Å². The maximum absolute atomic E-state index is 13.0. The number of fused-ring (bicyclic) bond motifs is 1. The van der Waals surface area contributed by atoms with Crippen molar-refractivity contribution in [2.75, 3.05) is 6.54 Å². The Kier molecular flexibility index (Phi) is 4.36.